The van der Waals surface area contributed by atoms with Gasteiger partial charge < -0.3 is 9.47 Å². The van der Waals surface area contributed by atoms with E-state index < -0.39 is 0 Å². The number of carbonyl (C=O) groups is 1. The van der Waals surface area contributed by atoms with Crippen molar-refractivity contribution in [3.63, 3.8) is 0 Å². The summed E-state index contributed by atoms with van der Waals surface area (Å²) < 4.78 is 11.4. The molecule has 0 amide bonds. The lowest BCUT2D eigenvalue weighted by atomic mass is 9.69. The summed E-state index contributed by atoms with van der Waals surface area (Å²) in [6, 6.07) is 18.3. The lowest BCUT2D eigenvalue weighted by Gasteiger charge is -2.36. The molecule has 0 aromatic heterocycles. The van der Waals surface area contributed by atoms with E-state index in [4.69, 9.17) is 9.47 Å². The fraction of sp³-hybridized carbons (Fsp3) is 0.370. The van der Waals surface area contributed by atoms with Gasteiger partial charge in [-0.1, -0.05) is 66.3 Å². The summed E-state index contributed by atoms with van der Waals surface area (Å²) in [5, 5.41) is 0. The van der Waals surface area contributed by atoms with Crippen LogP contribution < -0.4 is 4.74 Å². The van der Waals surface area contributed by atoms with Crippen molar-refractivity contribution < 1.29 is 14.3 Å². The minimum Gasteiger partial charge on any atom is -0.496 e. The van der Waals surface area contributed by atoms with E-state index in [9.17, 15) is 4.79 Å². The molecule has 0 saturated heterocycles. The van der Waals surface area contributed by atoms with Crippen LogP contribution in [0.2, 0.25) is 0 Å². The first-order valence-corrected chi connectivity index (χ1v) is 10.7. The lowest BCUT2D eigenvalue weighted by molar-refractivity contribution is -0.152. The van der Waals surface area contributed by atoms with Crippen LogP contribution in [0.1, 0.15) is 56.6 Å². The summed E-state index contributed by atoms with van der Waals surface area (Å²) in [5.41, 5.74) is 4.70. The first-order chi connectivity index (χ1) is 14.6. The van der Waals surface area contributed by atoms with Gasteiger partial charge in [0.05, 0.1) is 13.0 Å². The number of carbonyl (C=O) groups excluding carboxylic acids is 1. The van der Waals surface area contributed by atoms with E-state index in [2.05, 4.69) is 38.1 Å². The molecule has 2 aromatic rings. The SMILES string of the molecule is C/C=C\C(=C(C)C)C(COC(=O)[C@@H]1CC[C@@H]1c1ccccc1OC)c1ccccc1. The molecule has 3 atom stereocenters. The molecule has 1 saturated carbocycles. The smallest absolute Gasteiger partial charge is 0.309 e. The van der Waals surface area contributed by atoms with E-state index in [1.165, 1.54) is 11.1 Å². The van der Waals surface area contributed by atoms with Crippen LogP contribution in [-0.2, 0) is 9.53 Å². The maximum atomic E-state index is 13.0. The van der Waals surface area contributed by atoms with E-state index in [0.717, 1.165) is 29.7 Å². The third-order valence-electron chi connectivity index (χ3n) is 6.01. The van der Waals surface area contributed by atoms with Crippen molar-refractivity contribution in [3.05, 3.63) is 89.0 Å². The largest absolute Gasteiger partial charge is 0.496 e. The average Bonchev–Trinajstić information content (AvgIpc) is 2.73. The molecule has 1 unspecified atom stereocenters. The summed E-state index contributed by atoms with van der Waals surface area (Å²) in [5.74, 6) is 0.840. The van der Waals surface area contributed by atoms with Gasteiger partial charge in [0.25, 0.3) is 0 Å². The molecule has 0 radical (unpaired) electrons. The van der Waals surface area contributed by atoms with Crippen LogP contribution in [0, 0.1) is 5.92 Å². The van der Waals surface area contributed by atoms with Crippen LogP contribution >= 0.6 is 0 Å². The summed E-state index contributed by atoms with van der Waals surface area (Å²) in [6.07, 6.45) is 6.02. The van der Waals surface area contributed by atoms with E-state index in [1.807, 2.05) is 49.4 Å². The van der Waals surface area contributed by atoms with Gasteiger partial charge in [0, 0.05) is 11.8 Å². The summed E-state index contributed by atoms with van der Waals surface area (Å²) in [4.78, 5) is 13.0. The number of methoxy groups -OCH3 is 1. The number of rotatable bonds is 8. The summed E-state index contributed by atoms with van der Waals surface area (Å²) in [6.45, 7) is 6.58. The fourth-order valence-corrected chi connectivity index (χ4v) is 4.26. The van der Waals surface area contributed by atoms with Gasteiger partial charge in [0.15, 0.2) is 0 Å². The topological polar surface area (TPSA) is 35.5 Å². The first kappa shape index (κ1) is 21.9. The fourth-order valence-electron chi connectivity index (χ4n) is 4.26. The molecule has 3 heteroatoms. The second-order valence-corrected chi connectivity index (χ2v) is 8.08. The highest BCUT2D eigenvalue weighted by Crippen LogP contribution is 2.46. The zero-order chi connectivity index (χ0) is 21.5. The van der Waals surface area contributed by atoms with Gasteiger partial charge in [-0.05, 0) is 56.4 Å². The minimum atomic E-state index is -0.105. The molecule has 3 nitrogen and oxygen atoms in total. The van der Waals surface area contributed by atoms with Crippen molar-refractivity contribution in [3.8, 4) is 5.75 Å². The highest BCUT2D eigenvalue weighted by Gasteiger charge is 2.40. The Morgan fingerprint density at radius 1 is 1.07 bits per heavy atom. The lowest BCUT2D eigenvalue weighted by Crippen LogP contribution is -2.33. The Labute approximate surface area is 180 Å². The molecule has 0 aliphatic heterocycles. The predicted molar refractivity (Wildman–Crippen MR) is 122 cm³/mol. The molecule has 0 spiro atoms. The quantitative estimate of drug-likeness (QED) is 0.376. The van der Waals surface area contributed by atoms with Crippen molar-refractivity contribution >= 4 is 5.97 Å². The number of esters is 1. The Hall–Kier alpha value is -2.81. The van der Waals surface area contributed by atoms with Gasteiger partial charge in [-0.25, -0.2) is 0 Å². The normalized spacial score (nSPS) is 19.1. The first-order valence-electron chi connectivity index (χ1n) is 10.7. The van der Waals surface area contributed by atoms with Crippen LogP contribution in [0.4, 0.5) is 0 Å². The Morgan fingerprint density at radius 3 is 2.37 bits per heavy atom. The van der Waals surface area contributed by atoms with Crippen molar-refractivity contribution in [2.45, 2.75) is 45.4 Å². The number of ether oxygens (including phenoxy) is 2. The minimum absolute atomic E-state index is 0.0288. The summed E-state index contributed by atoms with van der Waals surface area (Å²) >= 11 is 0. The number of hydrogen-bond acceptors (Lipinski definition) is 3. The average molecular weight is 405 g/mol. The third-order valence-corrected chi connectivity index (χ3v) is 6.01. The van der Waals surface area contributed by atoms with E-state index in [1.54, 1.807) is 7.11 Å². The standard InChI is InChI=1S/C27H32O3/c1-5-11-21(19(2)3)25(20-12-7-6-8-13-20)18-30-27(28)24-17-16-22(24)23-14-9-10-15-26(23)29-4/h5-15,22,24-25H,16-18H2,1-4H3/b11-5-/t22-,24-,25?/m1/s1. The van der Waals surface area contributed by atoms with Crippen LogP contribution in [0.3, 0.4) is 0 Å². The molecule has 1 aliphatic rings. The van der Waals surface area contributed by atoms with Crippen molar-refractivity contribution in [2.75, 3.05) is 13.7 Å². The van der Waals surface area contributed by atoms with Gasteiger partial charge in [-0.2, -0.15) is 0 Å². The Balaban J connectivity index is 1.75. The van der Waals surface area contributed by atoms with Crippen LogP contribution in [0.15, 0.2) is 77.9 Å². The molecule has 2 aromatic carbocycles. The van der Waals surface area contributed by atoms with Crippen LogP contribution in [0.25, 0.3) is 0 Å². The number of para-hydroxylation sites is 1. The van der Waals surface area contributed by atoms with Crippen molar-refractivity contribution in [1.82, 2.24) is 0 Å². The van der Waals surface area contributed by atoms with Gasteiger partial charge >= 0.3 is 5.97 Å². The monoisotopic (exact) mass is 404 g/mol. The van der Waals surface area contributed by atoms with E-state index in [-0.39, 0.29) is 23.7 Å². The second-order valence-electron chi connectivity index (χ2n) is 8.08. The van der Waals surface area contributed by atoms with Gasteiger partial charge in [0.1, 0.15) is 12.4 Å². The Kier molecular flexibility index (Phi) is 7.51. The zero-order valence-corrected chi connectivity index (χ0v) is 18.4. The van der Waals surface area contributed by atoms with Crippen LogP contribution in [-0.4, -0.2) is 19.7 Å². The molecule has 0 N–H and O–H groups in total. The second kappa shape index (κ2) is 10.3. The van der Waals surface area contributed by atoms with Gasteiger partial charge in [-0.15, -0.1) is 0 Å². The Bertz CT molecular complexity index is 907. The summed E-state index contributed by atoms with van der Waals surface area (Å²) in [7, 11) is 1.68. The highest BCUT2D eigenvalue weighted by molar-refractivity contribution is 5.75. The molecule has 1 fully saturated rings. The molecule has 0 bridgehead atoms. The van der Waals surface area contributed by atoms with E-state index >= 15 is 0 Å². The number of benzene rings is 2. The molecule has 0 heterocycles. The van der Waals surface area contributed by atoms with Crippen molar-refractivity contribution in [1.29, 1.82) is 0 Å². The van der Waals surface area contributed by atoms with Crippen molar-refractivity contribution in [2.24, 2.45) is 5.92 Å². The molecular weight excluding hydrogens is 372 g/mol. The molecule has 1 aliphatic carbocycles. The maximum absolute atomic E-state index is 13.0. The molecule has 158 valence electrons. The van der Waals surface area contributed by atoms with Gasteiger partial charge in [-0.3, -0.25) is 4.79 Å². The number of allylic oxidation sites excluding steroid dienone is 3. The molecule has 30 heavy (non-hydrogen) atoms. The molecular formula is C27H32O3. The van der Waals surface area contributed by atoms with Gasteiger partial charge in [0.2, 0.25) is 0 Å². The van der Waals surface area contributed by atoms with E-state index in [0.29, 0.717) is 6.61 Å². The zero-order valence-electron chi connectivity index (χ0n) is 18.4. The highest BCUT2D eigenvalue weighted by atomic mass is 16.5. The predicted octanol–water partition coefficient (Wildman–Crippen LogP) is 6.43. The third kappa shape index (κ3) is 4.84. The number of hydrogen-bond donors (Lipinski definition) is 0. The maximum Gasteiger partial charge on any atom is 0.309 e. The van der Waals surface area contributed by atoms with Crippen LogP contribution in [0.5, 0.6) is 5.75 Å². The Morgan fingerprint density at radius 2 is 1.77 bits per heavy atom. The molecule has 3 rings (SSSR count).